The molecule has 0 radical (unpaired) electrons. The predicted octanol–water partition coefficient (Wildman–Crippen LogP) is 2.04. The number of nitrogens with one attached hydrogen (secondary N) is 1. The maximum Gasteiger partial charge on any atom is 0.236 e. The lowest BCUT2D eigenvalue weighted by atomic mass is 9.90. The third-order valence-corrected chi connectivity index (χ3v) is 6.02. The maximum atomic E-state index is 12.7. The van der Waals surface area contributed by atoms with Gasteiger partial charge < -0.3 is 10.2 Å². The van der Waals surface area contributed by atoms with Crippen LogP contribution in [0, 0.1) is 5.92 Å². The topological polar surface area (TPSA) is 65.5 Å². The van der Waals surface area contributed by atoms with Crippen LogP contribution in [0.25, 0.3) is 0 Å². The van der Waals surface area contributed by atoms with E-state index in [2.05, 4.69) is 15.2 Å². The van der Waals surface area contributed by atoms with Crippen LogP contribution in [0.5, 0.6) is 0 Å². The number of rotatable bonds is 5. The van der Waals surface area contributed by atoms with Gasteiger partial charge in [0.1, 0.15) is 5.01 Å². The van der Waals surface area contributed by atoms with Crippen molar-refractivity contribution in [2.75, 3.05) is 32.7 Å². The summed E-state index contributed by atoms with van der Waals surface area (Å²) < 4.78 is 0. The second kappa shape index (κ2) is 8.76. The first kappa shape index (κ1) is 18.3. The molecule has 25 heavy (non-hydrogen) atoms. The number of nitrogens with zero attached hydrogens (tertiary/aromatic N) is 3. The maximum absolute atomic E-state index is 12.7. The average molecular weight is 365 g/mol. The van der Waals surface area contributed by atoms with Crippen molar-refractivity contribution in [3.63, 3.8) is 0 Å². The number of amides is 2. The molecular weight excluding hydrogens is 336 g/mol. The second-order valence-electron chi connectivity index (χ2n) is 7.13. The van der Waals surface area contributed by atoms with Crippen LogP contribution in [-0.2, 0) is 9.59 Å². The normalized spacial score (nSPS) is 23.2. The standard InChI is InChI=1S/C18H28N4O2S/c1-14(23)20-17(18-19-7-11-25-18)15-6-5-10-22(12-15)16(24)13-21-8-3-2-4-9-21/h7,11,15,17H,2-6,8-10,12-13H2,1H3,(H,20,23)/t15-,17-/m0/s1. The van der Waals surface area contributed by atoms with E-state index in [-0.39, 0.29) is 23.8 Å². The molecule has 2 amide bonds. The molecule has 2 atom stereocenters. The quantitative estimate of drug-likeness (QED) is 0.868. The molecule has 2 aliphatic heterocycles. The van der Waals surface area contributed by atoms with E-state index in [9.17, 15) is 9.59 Å². The summed E-state index contributed by atoms with van der Waals surface area (Å²) in [7, 11) is 0. The highest BCUT2D eigenvalue weighted by Crippen LogP contribution is 2.31. The molecule has 0 saturated carbocycles. The fraction of sp³-hybridized carbons (Fsp3) is 0.722. The van der Waals surface area contributed by atoms with Crippen LogP contribution in [0.15, 0.2) is 11.6 Å². The van der Waals surface area contributed by atoms with Crippen molar-refractivity contribution in [1.29, 1.82) is 0 Å². The molecule has 3 rings (SSSR count). The van der Waals surface area contributed by atoms with Gasteiger partial charge in [-0.05, 0) is 38.8 Å². The van der Waals surface area contributed by atoms with Crippen molar-refractivity contribution in [1.82, 2.24) is 20.1 Å². The molecule has 1 aromatic rings. The number of piperidine rings is 2. The molecule has 2 saturated heterocycles. The lowest BCUT2D eigenvalue weighted by Crippen LogP contribution is -2.48. The average Bonchev–Trinajstić information content (AvgIpc) is 3.15. The van der Waals surface area contributed by atoms with Crippen LogP contribution in [-0.4, -0.2) is 59.3 Å². The zero-order valence-corrected chi connectivity index (χ0v) is 15.8. The van der Waals surface area contributed by atoms with Crippen molar-refractivity contribution in [3.8, 4) is 0 Å². The zero-order chi connectivity index (χ0) is 17.6. The molecule has 138 valence electrons. The van der Waals surface area contributed by atoms with E-state index >= 15 is 0 Å². The number of hydrogen-bond donors (Lipinski definition) is 1. The number of carbonyl (C=O) groups excluding carboxylic acids is 2. The number of thiazole rings is 1. The molecule has 3 heterocycles. The van der Waals surface area contributed by atoms with Gasteiger partial charge in [0.2, 0.25) is 11.8 Å². The van der Waals surface area contributed by atoms with E-state index in [0.717, 1.165) is 37.5 Å². The van der Waals surface area contributed by atoms with Gasteiger partial charge in [0, 0.05) is 37.5 Å². The van der Waals surface area contributed by atoms with E-state index in [1.165, 1.54) is 19.3 Å². The van der Waals surface area contributed by atoms with Crippen LogP contribution in [0.2, 0.25) is 0 Å². The molecule has 6 nitrogen and oxygen atoms in total. The second-order valence-corrected chi connectivity index (χ2v) is 8.05. The van der Waals surface area contributed by atoms with E-state index in [4.69, 9.17) is 0 Å². The van der Waals surface area contributed by atoms with Crippen molar-refractivity contribution >= 4 is 23.2 Å². The van der Waals surface area contributed by atoms with Gasteiger partial charge in [0.05, 0.1) is 12.6 Å². The molecular formula is C18H28N4O2S. The van der Waals surface area contributed by atoms with E-state index < -0.39 is 0 Å². The van der Waals surface area contributed by atoms with Crippen LogP contribution < -0.4 is 5.32 Å². The third kappa shape index (κ3) is 5.01. The summed E-state index contributed by atoms with van der Waals surface area (Å²) in [6.07, 6.45) is 7.45. The first-order valence-corrected chi connectivity index (χ1v) is 10.2. The van der Waals surface area contributed by atoms with Crippen LogP contribution in [0.4, 0.5) is 0 Å². The summed E-state index contributed by atoms with van der Waals surface area (Å²) in [5.41, 5.74) is 0. The first-order valence-electron chi connectivity index (χ1n) is 9.30. The highest BCUT2D eigenvalue weighted by molar-refractivity contribution is 7.09. The lowest BCUT2D eigenvalue weighted by Gasteiger charge is -2.37. The first-order chi connectivity index (χ1) is 12.1. The Morgan fingerprint density at radius 1 is 1.28 bits per heavy atom. The molecule has 2 aliphatic rings. The zero-order valence-electron chi connectivity index (χ0n) is 14.9. The predicted molar refractivity (Wildman–Crippen MR) is 98.3 cm³/mol. The third-order valence-electron chi connectivity index (χ3n) is 5.17. The molecule has 1 N–H and O–H groups in total. The van der Waals surface area contributed by atoms with Gasteiger partial charge in [-0.1, -0.05) is 6.42 Å². The minimum Gasteiger partial charge on any atom is -0.347 e. The molecule has 2 fully saturated rings. The van der Waals surface area contributed by atoms with Gasteiger partial charge in [0.25, 0.3) is 0 Å². The SMILES string of the molecule is CC(=O)N[C@H](c1nccs1)[C@H]1CCCN(C(=O)CN2CCCCC2)C1. The van der Waals surface area contributed by atoms with E-state index in [0.29, 0.717) is 13.1 Å². The van der Waals surface area contributed by atoms with Gasteiger partial charge >= 0.3 is 0 Å². The number of aromatic nitrogens is 1. The largest absolute Gasteiger partial charge is 0.347 e. The Hall–Kier alpha value is -1.47. The van der Waals surface area contributed by atoms with Crippen molar-refractivity contribution in [2.45, 2.75) is 45.1 Å². The Kier molecular flexibility index (Phi) is 6.42. The van der Waals surface area contributed by atoms with Crippen molar-refractivity contribution in [2.24, 2.45) is 5.92 Å². The Balaban J connectivity index is 1.62. The van der Waals surface area contributed by atoms with Crippen molar-refractivity contribution < 1.29 is 9.59 Å². The van der Waals surface area contributed by atoms with Crippen LogP contribution in [0.3, 0.4) is 0 Å². The Bertz CT molecular complexity index is 572. The van der Waals surface area contributed by atoms with Crippen LogP contribution >= 0.6 is 11.3 Å². The summed E-state index contributed by atoms with van der Waals surface area (Å²) >= 11 is 1.57. The summed E-state index contributed by atoms with van der Waals surface area (Å²) in [6, 6.07) is -0.0944. The monoisotopic (exact) mass is 364 g/mol. The van der Waals surface area contributed by atoms with Crippen molar-refractivity contribution in [3.05, 3.63) is 16.6 Å². The number of carbonyl (C=O) groups is 2. The van der Waals surface area contributed by atoms with Gasteiger partial charge in [0.15, 0.2) is 0 Å². The molecule has 1 aromatic heterocycles. The van der Waals surface area contributed by atoms with Gasteiger partial charge in [-0.3, -0.25) is 14.5 Å². The lowest BCUT2D eigenvalue weighted by molar-refractivity contribution is -0.134. The van der Waals surface area contributed by atoms with Gasteiger partial charge in [-0.15, -0.1) is 11.3 Å². The Morgan fingerprint density at radius 3 is 2.76 bits per heavy atom. The minimum absolute atomic E-state index is 0.0445. The van der Waals surface area contributed by atoms with E-state index in [1.807, 2.05) is 10.3 Å². The molecule has 0 aliphatic carbocycles. The number of hydrogen-bond acceptors (Lipinski definition) is 5. The highest BCUT2D eigenvalue weighted by Gasteiger charge is 2.32. The molecule has 0 aromatic carbocycles. The Labute approximate surface area is 153 Å². The number of likely N-dealkylation sites (tertiary alicyclic amines) is 2. The van der Waals surface area contributed by atoms with E-state index in [1.54, 1.807) is 24.5 Å². The smallest absolute Gasteiger partial charge is 0.236 e. The van der Waals surface area contributed by atoms with Gasteiger partial charge in [-0.25, -0.2) is 4.98 Å². The summed E-state index contributed by atoms with van der Waals surface area (Å²) in [6.45, 7) is 5.69. The molecule has 0 spiro atoms. The van der Waals surface area contributed by atoms with Crippen LogP contribution in [0.1, 0.15) is 50.1 Å². The summed E-state index contributed by atoms with van der Waals surface area (Å²) in [5.74, 6) is 0.415. The fourth-order valence-corrected chi connectivity index (χ4v) is 4.69. The highest BCUT2D eigenvalue weighted by atomic mass is 32.1. The summed E-state index contributed by atoms with van der Waals surface area (Å²) in [4.78, 5) is 33.0. The fourth-order valence-electron chi connectivity index (χ4n) is 3.91. The van der Waals surface area contributed by atoms with Gasteiger partial charge in [-0.2, -0.15) is 0 Å². The molecule has 7 heteroatoms. The molecule has 0 unspecified atom stereocenters. The Morgan fingerprint density at radius 2 is 2.08 bits per heavy atom. The summed E-state index contributed by atoms with van der Waals surface area (Å²) in [5, 5.41) is 5.93. The minimum atomic E-state index is -0.0944. The molecule has 0 bridgehead atoms.